The van der Waals surface area contributed by atoms with E-state index in [2.05, 4.69) is 39.6 Å². The van der Waals surface area contributed by atoms with Crippen LogP contribution in [0.15, 0.2) is 36.7 Å². The molecule has 2 aromatic heterocycles. The molecule has 4 heteroatoms. The number of hydrogen-bond acceptors (Lipinski definition) is 3. The van der Waals surface area contributed by atoms with Crippen molar-refractivity contribution in [1.82, 2.24) is 9.97 Å². The number of H-pyrrole nitrogens is 1. The van der Waals surface area contributed by atoms with Crippen LogP contribution in [0, 0.1) is 11.3 Å². The van der Waals surface area contributed by atoms with Crippen molar-refractivity contribution in [3.05, 3.63) is 47.8 Å². The molecule has 3 aromatic rings. The lowest BCUT2D eigenvalue weighted by Crippen LogP contribution is -2.08. The number of pyridine rings is 1. The molecule has 3 heterocycles. The largest absolute Gasteiger partial charge is 0.369 e. The van der Waals surface area contributed by atoms with Crippen LogP contribution in [0.2, 0.25) is 0 Å². The molecule has 1 saturated carbocycles. The minimum absolute atomic E-state index is 0.344. The standard InChI is InChI=1S/C19H16N4/c20-6-3-12-1-2-17-14(7-12)15(10-21-17)13-8-16-18(22-9-13)23-11-19(16)4-5-19/h1-2,7-10,21H,3-5,11H2,(H,22,23). The Kier molecular flexibility index (Phi) is 2.41. The summed E-state index contributed by atoms with van der Waals surface area (Å²) in [4.78, 5) is 7.97. The first kappa shape index (κ1) is 12.7. The number of nitrogens with one attached hydrogen (secondary N) is 2. The van der Waals surface area contributed by atoms with Crippen LogP contribution >= 0.6 is 0 Å². The topological polar surface area (TPSA) is 64.5 Å². The Balaban J connectivity index is 1.66. The van der Waals surface area contributed by atoms with Crippen LogP contribution in [0.3, 0.4) is 0 Å². The molecule has 23 heavy (non-hydrogen) atoms. The zero-order chi connectivity index (χ0) is 15.4. The number of nitriles is 1. The van der Waals surface area contributed by atoms with Gasteiger partial charge in [0.05, 0.1) is 12.5 Å². The molecule has 1 aliphatic heterocycles. The van der Waals surface area contributed by atoms with Crippen LogP contribution < -0.4 is 5.32 Å². The zero-order valence-corrected chi connectivity index (χ0v) is 12.7. The Morgan fingerprint density at radius 1 is 1.26 bits per heavy atom. The van der Waals surface area contributed by atoms with Crippen LogP contribution in [-0.4, -0.2) is 16.5 Å². The van der Waals surface area contributed by atoms with E-state index in [0.717, 1.165) is 40.0 Å². The first-order valence-corrected chi connectivity index (χ1v) is 8.01. The summed E-state index contributed by atoms with van der Waals surface area (Å²) in [6.45, 7) is 1.03. The smallest absolute Gasteiger partial charge is 0.129 e. The van der Waals surface area contributed by atoms with Crippen molar-refractivity contribution in [1.29, 1.82) is 5.26 Å². The third-order valence-electron chi connectivity index (χ3n) is 5.25. The molecule has 0 amide bonds. The predicted molar refractivity (Wildman–Crippen MR) is 90.2 cm³/mol. The maximum atomic E-state index is 8.92. The van der Waals surface area contributed by atoms with Gasteiger partial charge in [-0.3, -0.25) is 0 Å². The first-order chi connectivity index (χ1) is 11.3. The van der Waals surface area contributed by atoms with Gasteiger partial charge in [0.2, 0.25) is 0 Å². The highest BCUT2D eigenvalue weighted by molar-refractivity contribution is 5.96. The fourth-order valence-corrected chi connectivity index (χ4v) is 3.71. The molecule has 0 unspecified atom stereocenters. The lowest BCUT2D eigenvalue weighted by Gasteiger charge is -2.08. The van der Waals surface area contributed by atoms with Crippen molar-refractivity contribution >= 4 is 16.7 Å². The second-order valence-corrected chi connectivity index (χ2v) is 6.67. The van der Waals surface area contributed by atoms with E-state index in [-0.39, 0.29) is 0 Å². The van der Waals surface area contributed by atoms with Crippen LogP contribution in [0.1, 0.15) is 24.0 Å². The van der Waals surface area contributed by atoms with Crippen LogP contribution in [-0.2, 0) is 11.8 Å². The molecule has 2 aliphatic rings. The lowest BCUT2D eigenvalue weighted by atomic mass is 9.96. The van der Waals surface area contributed by atoms with E-state index in [1.165, 1.54) is 18.4 Å². The molecule has 5 rings (SSSR count). The highest BCUT2D eigenvalue weighted by atomic mass is 15.0. The molecule has 112 valence electrons. The molecule has 0 saturated heterocycles. The van der Waals surface area contributed by atoms with E-state index in [4.69, 9.17) is 5.26 Å². The van der Waals surface area contributed by atoms with Crippen molar-refractivity contribution in [2.45, 2.75) is 24.7 Å². The summed E-state index contributed by atoms with van der Waals surface area (Å²) in [5.74, 6) is 1.05. The average molecular weight is 300 g/mol. The number of benzene rings is 1. The van der Waals surface area contributed by atoms with Crippen molar-refractivity contribution in [2.24, 2.45) is 0 Å². The molecule has 0 atom stereocenters. The summed E-state index contributed by atoms with van der Waals surface area (Å²) in [5, 5.41) is 13.5. The lowest BCUT2D eigenvalue weighted by molar-refractivity contribution is 0.778. The minimum atomic E-state index is 0.344. The number of hydrogen-bond donors (Lipinski definition) is 2. The molecule has 0 bridgehead atoms. The third-order valence-corrected chi connectivity index (χ3v) is 5.25. The second-order valence-electron chi connectivity index (χ2n) is 6.67. The number of anilines is 1. The average Bonchev–Trinajstić information content (AvgIpc) is 3.11. The first-order valence-electron chi connectivity index (χ1n) is 8.01. The van der Waals surface area contributed by atoms with E-state index in [0.29, 0.717) is 11.8 Å². The number of fused-ring (bicyclic) bond motifs is 3. The summed E-state index contributed by atoms with van der Waals surface area (Å²) in [6.07, 6.45) is 6.96. The van der Waals surface area contributed by atoms with E-state index < -0.39 is 0 Å². The van der Waals surface area contributed by atoms with Crippen molar-refractivity contribution in [3.63, 3.8) is 0 Å². The zero-order valence-electron chi connectivity index (χ0n) is 12.7. The Morgan fingerprint density at radius 3 is 3.00 bits per heavy atom. The maximum absolute atomic E-state index is 8.92. The minimum Gasteiger partial charge on any atom is -0.369 e. The molecule has 1 aromatic carbocycles. The maximum Gasteiger partial charge on any atom is 0.129 e. The van der Waals surface area contributed by atoms with E-state index in [1.807, 2.05) is 18.5 Å². The normalized spacial score (nSPS) is 17.0. The molecular formula is C19H16N4. The van der Waals surface area contributed by atoms with Crippen molar-refractivity contribution in [2.75, 3.05) is 11.9 Å². The highest BCUT2D eigenvalue weighted by Gasteiger charge is 2.49. The third kappa shape index (κ3) is 1.80. The van der Waals surface area contributed by atoms with Gasteiger partial charge in [-0.05, 0) is 36.6 Å². The molecule has 4 nitrogen and oxygen atoms in total. The van der Waals surface area contributed by atoms with E-state index in [9.17, 15) is 0 Å². The molecule has 0 radical (unpaired) electrons. The van der Waals surface area contributed by atoms with Crippen molar-refractivity contribution in [3.8, 4) is 17.2 Å². The van der Waals surface area contributed by atoms with Gasteiger partial charge in [-0.1, -0.05) is 6.07 Å². The monoisotopic (exact) mass is 300 g/mol. The number of aromatic amines is 1. The fourth-order valence-electron chi connectivity index (χ4n) is 3.71. The Labute approximate surface area is 134 Å². The quantitative estimate of drug-likeness (QED) is 0.757. The Bertz CT molecular complexity index is 973. The van der Waals surface area contributed by atoms with Gasteiger partial charge in [-0.15, -0.1) is 0 Å². The van der Waals surface area contributed by atoms with E-state index in [1.54, 1.807) is 0 Å². The van der Waals surface area contributed by atoms with Gasteiger partial charge < -0.3 is 10.3 Å². The summed E-state index contributed by atoms with van der Waals surface area (Å²) in [5.41, 5.74) is 6.18. The van der Waals surface area contributed by atoms with Gasteiger partial charge in [-0.25, -0.2) is 4.98 Å². The Hall–Kier alpha value is -2.80. The van der Waals surface area contributed by atoms with Gasteiger partial charge in [0, 0.05) is 51.9 Å². The summed E-state index contributed by atoms with van der Waals surface area (Å²) in [6, 6.07) is 10.7. The summed E-state index contributed by atoms with van der Waals surface area (Å²) in [7, 11) is 0. The van der Waals surface area contributed by atoms with Gasteiger partial charge in [0.15, 0.2) is 0 Å². The van der Waals surface area contributed by atoms with Crippen LogP contribution in [0.25, 0.3) is 22.0 Å². The predicted octanol–water partition coefficient (Wildman–Crippen LogP) is 3.75. The molecule has 1 aliphatic carbocycles. The van der Waals surface area contributed by atoms with Crippen LogP contribution in [0.5, 0.6) is 0 Å². The SMILES string of the molecule is N#CCc1ccc2[nH]cc(-c3cnc4c(c3)C3(CC3)CN4)c2c1. The fraction of sp³-hybridized carbons (Fsp3) is 0.263. The number of nitrogens with zero attached hydrogens (tertiary/aromatic N) is 2. The number of rotatable bonds is 2. The second kappa shape index (κ2) is 4.36. The summed E-state index contributed by atoms with van der Waals surface area (Å²) >= 11 is 0. The van der Waals surface area contributed by atoms with Gasteiger partial charge in [0.25, 0.3) is 0 Å². The Morgan fingerprint density at radius 2 is 2.17 bits per heavy atom. The number of aromatic nitrogens is 2. The van der Waals surface area contributed by atoms with Gasteiger partial charge in [0.1, 0.15) is 5.82 Å². The van der Waals surface area contributed by atoms with Crippen molar-refractivity contribution < 1.29 is 0 Å². The van der Waals surface area contributed by atoms with Gasteiger partial charge in [-0.2, -0.15) is 5.26 Å². The molecule has 2 N–H and O–H groups in total. The molecule has 1 fully saturated rings. The molecule has 1 spiro atoms. The summed E-state index contributed by atoms with van der Waals surface area (Å²) < 4.78 is 0. The highest BCUT2D eigenvalue weighted by Crippen LogP contribution is 2.54. The van der Waals surface area contributed by atoms with Gasteiger partial charge >= 0.3 is 0 Å². The molecular weight excluding hydrogens is 284 g/mol. The van der Waals surface area contributed by atoms with E-state index >= 15 is 0 Å². The van der Waals surface area contributed by atoms with Crippen LogP contribution in [0.4, 0.5) is 5.82 Å².